The Hall–Kier alpha value is -2.42. The van der Waals surface area contributed by atoms with E-state index in [-0.39, 0.29) is 6.15 Å². The van der Waals surface area contributed by atoms with Crippen LogP contribution in [-0.2, 0) is 22.6 Å². The van der Waals surface area contributed by atoms with E-state index in [1.807, 2.05) is 36.7 Å². The predicted molar refractivity (Wildman–Crippen MR) is 86.7 cm³/mol. The van der Waals surface area contributed by atoms with Crippen molar-refractivity contribution in [2.75, 3.05) is 7.11 Å². The van der Waals surface area contributed by atoms with Gasteiger partial charge >= 0.3 is 6.15 Å². The van der Waals surface area contributed by atoms with Crippen molar-refractivity contribution in [1.29, 1.82) is 5.26 Å². The lowest BCUT2D eigenvalue weighted by Crippen LogP contribution is -2.01. The van der Waals surface area contributed by atoms with E-state index in [0.717, 1.165) is 33.6 Å². The molecule has 0 spiro atoms. The molecule has 0 aliphatic carbocycles. The molecule has 0 aliphatic rings. The maximum Gasteiger partial charge on any atom is 0.373 e. The number of rotatable bonds is 4. The van der Waals surface area contributed by atoms with Crippen LogP contribution < -0.4 is 4.74 Å². The number of nitriles is 1. The highest BCUT2D eigenvalue weighted by Crippen LogP contribution is 2.35. The molecular weight excluding hydrogens is 362 g/mol. The second kappa shape index (κ2) is 8.89. The number of aryl methyl sites for hydroxylation is 2. The lowest BCUT2D eigenvalue weighted by atomic mass is 10.0. The highest BCUT2D eigenvalue weighted by atomic mass is 79.9. The van der Waals surface area contributed by atoms with Crippen LogP contribution in [0.2, 0.25) is 0 Å². The van der Waals surface area contributed by atoms with Gasteiger partial charge in [-0.1, -0.05) is 22.9 Å². The largest absolute Gasteiger partial charge is 0.496 e. The van der Waals surface area contributed by atoms with Crippen LogP contribution in [0.4, 0.5) is 0 Å². The van der Waals surface area contributed by atoms with Gasteiger partial charge in [0.15, 0.2) is 0 Å². The Morgan fingerprint density at radius 2 is 2.00 bits per heavy atom. The van der Waals surface area contributed by atoms with Gasteiger partial charge in [-0.15, -0.1) is 0 Å². The molecule has 1 aromatic carbocycles. The third kappa shape index (κ3) is 4.07. The van der Waals surface area contributed by atoms with Crippen LogP contribution in [0.3, 0.4) is 0 Å². The van der Waals surface area contributed by atoms with Gasteiger partial charge in [0.05, 0.1) is 18.5 Å². The summed E-state index contributed by atoms with van der Waals surface area (Å²) in [6, 6.07) is 8.07. The van der Waals surface area contributed by atoms with E-state index >= 15 is 0 Å². The third-order valence-corrected chi connectivity index (χ3v) is 3.68. The summed E-state index contributed by atoms with van der Waals surface area (Å²) in [5.41, 5.74) is 3.18. The molecule has 7 heteroatoms. The number of halogens is 1. The first-order chi connectivity index (χ1) is 11.1. The molecule has 0 saturated heterocycles. The van der Waals surface area contributed by atoms with Gasteiger partial charge in [0, 0.05) is 16.6 Å². The predicted octanol–water partition coefficient (Wildman–Crippen LogP) is 3.19. The van der Waals surface area contributed by atoms with Gasteiger partial charge < -0.3 is 4.74 Å². The molecular formula is C16H16BrN3O3. The van der Waals surface area contributed by atoms with Crippen molar-refractivity contribution in [1.82, 2.24) is 9.78 Å². The van der Waals surface area contributed by atoms with Crippen LogP contribution in [0.1, 0.15) is 25.1 Å². The molecule has 0 N–H and O–H groups in total. The zero-order valence-corrected chi connectivity index (χ0v) is 14.7. The first-order valence-electron chi connectivity index (χ1n) is 6.90. The summed E-state index contributed by atoms with van der Waals surface area (Å²) < 4.78 is 8.25. The fraction of sp³-hybridized carbons (Fsp3) is 0.312. The molecule has 0 bridgehead atoms. The maximum atomic E-state index is 9.47. The van der Waals surface area contributed by atoms with Crippen molar-refractivity contribution >= 4 is 22.1 Å². The summed E-state index contributed by atoms with van der Waals surface area (Å²) in [5, 5.41) is 14.0. The fourth-order valence-electron chi connectivity index (χ4n) is 2.24. The van der Waals surface area contributed by atoms with Gasteiger partial charge in [0.25, 0.3) is 0 Å². The van der Waals surface area contributed by atoms with Gasteiger partial charge in [-0.25, -0.2) is 0 Å². The Morgan fingerprint density at radius 3 is 2.48 bits per heavy atom. The second-order valence-corrected chi connectivity index (χ2v) is 5.30. The molecule has 0 aliphatic heterocycles. The molecule has 1 aromatic heterocycles. The van der Waals surface area contributed by atoms with Crippen molar-refractivity contribution in [3.63, 3.8) is 0 Å². The Labute approximate surface area is 142 Å². The van der Waals surface area contributed by atoms with E-state index in [9.17, 15) is 5.26 Å². The zero-order valence-electron chi connectivity index (χ0n) is 13.1. The number of benzene rings is 1. The first-order valence-corrected chi connectivity index (χ1v) is 7.70. The van der Waals surface area contributed by atoms with Gasteiger partial charge in [-0.2, -0.15) is 19.9 Å². The maximum absolute atomic E-state index is 9.47. The van der Waals surface area contributed by atoms with Gasteiger partial charge in [0.2, 0.25) is 0 Å². The van der Waals surface area contributed by atoms with E-state index in [1.54, 1.807) is 7.11 Å². The molecule has 1 heterocycles. The average molecular weight is 378 g/mol. The van der Waals surface area contributed by atoms with Crippen LogP contribution in [0.25, 0.3) is 11.3 Å². The van der Waals surface area contributed by atoms with Crippen molar-refractivity contribution in [3.05, 3.63) is 33.9 Å². The Balaban J connectivity index is 0.000000816. The van der Waals surface area contributed by atoms with Gasteiger partial charge in [0.1, 0.15) is 17.4 Å². The van der Waals surface area contributed by atoms with Crippen molar-refractivity contribution in [3.8, 4) is 23.1 Å². The molecule has 0 saturated carbocycles. The molecule has 0 atom stereocenters. The monoisotopic (exact) mass is 377 g/mol. The topological polar surface area (TPSA) is 85.0 Å². The minimum atomic E-state index is 0.250. The van der Waals surface area contributed by atoms with Crippen LogP contribution in [0.15, 0.2) is 22.7 Å². The van der Waals surface area contributed by atoms with E-state index in [2.05, 4.69) is 27.1 Å². The van der Waals surface area contributed by atoms with Crippen molar-refractivity contribution in [2.45, 2.75) is 26.8 Å². The summed E-state index contributed by atoms with van der Waals surface area (Å²) in [6.07, 6.45) is 0.988. The summed E-state index contributed by atoms with van der Waals surface area (Å²) in [7, 11) is 1.63. The fourth-order valence-corrected chi connectivity index (χ4v) is 2.58. The lowest BCUT2D eigenvalue weighted by molar-refractivity contribution is -0.191. The molecule has 6 nitrogen and oxygen atoms in total. The Morgan fingerprint density at radius 1 is 1.35 bits per heavy atom. The number of carbonyl (C=O) groups excluding carboxylic acids is 2. The smallest absolute Gasteiger partial charge is 0.373 e. The van der Waals surface area contributed by atoms with E-state index in [4.69, 9.17) is 14.3 Å². The summed E-state index contributed by atoms with van der Waals surface area (Å²) >= 11 is 3.43. The van der Waals surface area contributed by atoms with Crippen molar-refractivity contribution < 1.29 is 14.3 Å². The average Bonchev–Trinajstić information content (AvgIpc) is 2.92. The summed E-state index contributed by atoms with van der Waals surface area (Å²) in [4.78, 5) is 16.2. The molecule has 23 heavy (non-hydrogen) atoms. The normalized spacial score (nSPS) is 9.35. The molecule has 0 unspecified atom stereocenters. The third-order valence-electron chi connectivity index (χ3n) is 3.19. The van der Waals surface area contributed by atoms with Crippen molar-refractivity contribution in [2.24, 2.45) is 0 Å². The van der Waals surface area contributed by atoms with Gasteiger partial charge in [-0.05, 0) is 31.5 Å². The SMILES string of the molecule is CCc1nn(CC)c(-c2ccc(Br)cc2OC)c1C#N.O=C=O. The number of hydrogen-bond donors (Lipinski definition) is 0. The molecule has 2 rings (SSSR count). The molecule has 0 fully saturated rings. The molecule has 0 amide bonds. The zero-order chi connectivity index (χ0) is 17.4. The van der Waals surface area contributed by atoms with Crippen LogP contribution in [0.5, 0.6) is 5.75 Å². The second-order valence-electron chi connectivity index (χ2n) is 4.38. The molecule has 120 valence electrons. The van der Waals surface area contributed by atoms with Crippen LogP contribution in [0, 0.1) is 11.3 Å². The van der Waals surface area contributed by atoms with E-state index < -0.39 is 0 Å². The number of nitrogens with zero attached hydrogens (tertiary/aromatic N) is 3. The Kier molecular flexibility index (Phi) is 7.20. The van der Waals surface area contributed by atoms with Gasteiger partial charge in [-0.3, -0.25) is 4.68 Å². The minimum Gasteiger partial charge on any atom is -0.496 e. The molecule has 2 aromatic rings. The number of hydrogen-bond acceptors (Lipinski definition) is 5. The lowest BCUT2D eigenvalue weighted by Gasteiger charge is -2.11. The van der Waals surface area contributed by atoms with E-state index in [1.165, 1.54) is 0 Å². The van der Waals surface area contributed by atoms with Crippen LogP contribution >= 0.6 is 15.9 Å². The number of aromatic nitrogens is 2. The highest BCUT2D eigenvalue weighted by molar-refractivity contribution is 9.10. The number of ether oxygens (including phenoxy) is 1. The van der Waals surface area contributed by atoms with E-state index in [0.29, 0.717) is 12.1 Å². The minimum absolute atomic E-state index is 0.250. The highest BCUT2D eigenvalue weighted by Gasteiger charge is 2.20. The first kappa shape index (κ1) is 18.6. The molecule has 0 radical (unpaired) electrons. The summed E-state index contributed by atoms with van der Waals surface area (Å²) in [5.74, 6) is 0.730. The standard InChI is InChI=1S/C15H16BrN3O.CO2/c1-4-13-12(9-17)15(19(5-2)18-13)11-7-6-10(16)8-14(11)20-3;2-1-3/h6-8H,4-5H2,1-3H3;. The quantitative estimate of drug-likeness (QED) is 0.816. The van der Waals surface area contributed by atoms with Crippen LogP contribution in [-0.4, -0.2) is 23.0 Å². The summed E-state index contributed by atoms with van der Waals surface area (Å²) in [6.45, 7) is 4.73. The number of methoxy groups -OCH3 is 1. The Bertz CT molecular complexity index is 757.